The lowest BCUT2D eigenvalue weighted by Crippen LogP contribution is -2.09. The molecule has 0 bridgehead atoms. The van der Waals surface area contributed by atoms with Crippen LogP contribution in [0.5, 0.6) is 0 Å². The molecular formula is C15H14BrN3. The fourth-order valence-corrected chi connectivity index (χ4v) is 2.61. The van der Waals surface area contributed by atoms with Crippen LogP contribution >= 0.6 is 15.9 Å². The number of fused-ring (bicyclic) bond motifs is 1. The minimum atomic E-state index is -0.0238. The summed E-state index contributed by atoms with van der Waals surface area (Å²) >= 11 is 3.52. The largest absolute Gasteiger partial charge is 0.324 e. The van der Waals surface area contributed by atoms with Crippen molar-refractivity contribution in [3.8, 4) is 5.69 Å². The van der Waals surface area contributed by atoms with Crippen molar-refractivity contribution in [1.29, 1.82) is 0 Å². The van der Waals surface area contributed by atoms with Gasteiger partial charge in [0.05, 0.1) is 16.7 Å². The molecule has 2 aromatic carbocycles. The molecule has 3 rings (SSSR count). The number of nitrogens with two attached hydrogens (primary N) is 1. The fraction of sp³-hybridized carbons (Fsp3) is 0.133. The second-order valence-electron chi connectivity index (χ2n) is 4.60. The minimum absolute atomic E-state index is 0.0238. The van der Waals surface area contributed by atoms with E-state index in [0.717, 1.165) is 26.8 Å². The van der Waals surface area contributed by atoms with Crippen LogP contribution in [-0.4, -0.2) is 9.55 Å². The van der Waals surface area contributed by atoms with Crippen LogP contribution in [-0.2, 0) is 0 Å². The van der Waals surface area contributed by atoms with Gasteiger partial charge in [0, 0.05) is 10.5 Å². The molecule has 3 nitrogen and oxygen atoms in total. The number of benzene rings is 2. The number of nitrogens with zero attached hydrogens (tertiary/aromatic N) is 2. The van der Waals surface area contributed by atoms with Crippen LogP contribution < -0.4 is 5.73 Å². The highest BCUT2D eigenvalue weighted by atomic mass is 79.9. The highest BCUT2D eigenvalue weighted by Crippen LogP contribution is 2.27. The monoisotopic (exact) mass is 315 g/mol. The Balaban J connectivity index is 2.29. The van der Waals surface area contributed by atoms with Gasteiger partial charge in [-0.15, -0.1) is 0 Å². The first-order valence-electron chi connectivity index (χ1n) is 6.14. The Labute approximate surface area is 120 Å². The number of imidazole rings is 1. The molecule has 96 valence electrons. The van der Waals surface area contributed by atoms with Crippen molar-refractivity contribution in [2.45, 2.75) is 13.0 Å². The summed E-state index contributed by atoms with van der Waals surface area (Å²) in [4.78, 5) is 4.43. The van der Waals surface area contributed by atoms with E-state index in [-0.39, 0.29) is 6.04 Å². The van der Waals surface area contributed by atoms with E-state index < -0.39 is 0 Å². The summed E-state index contributed by atoms with van der Waals surface area (Å²) in [6, 6.07) is 14.2. The summed E-state index contributed by atoms with van der Waals surface area (Å²) in [5.74, 6) is 0. The average Bonchev–Trinajstić information content (AvgIpc) is 2.82. The van der Waals surface area contributed by atoms with Gasteiger partial charge in [0.25, 0.3) is 0 Å². The smallest absolute Gasteiger partial charge is 0.100 e. The van der Waals surface area contributed by atoms with Crippen molar-refractivity contribution in [3.63, 3.8) is 0 Å². The third-order valence-electron chi connectivity index (χ3n) is 3.20. The van der Waals surface area contributed by atoms with E-state index in [1.807, 2.05) is 37.5 Å². The lowest BCUT2D eigenvalue weighted by molar-refractivity contribution is 0.805. The van der Waals surface area contributed by atoms with Crippen LogP contribution in [0.3, 0.4) is 0 Å². The van der Waals surface area contributed by atoms with Crippen molar-refractivity contribution < 1.29 is 0 Å². The van der Waals surface area contributed by atoms with Gasteiger partial charge in [-0.25, -0.2) is 4.98 Å². The van der Waals surface area contributed by atoms with Crippen LogP contribution in [0.1, 0.15) is 18.5 Å². The highest BCUT2D eigenvalue weighted by Gasteiger charge is 2.11. The Kier molecular flexibility index (Phi) is 3.12. The van der Waals surface area contributed by atoms with E-state index in [4.69, 9.17) is 5.73 Å². The Hall–Kier alpha value is -1.65. The van der Waals surface area contributed by atoms with Gasteiger partial charge in [0.1, 0.15) is 6.33 Å². The summed E-state index contributed by atoms with van der Waals surface area (Å²) in [7, 11) is 0. The summed E-state index contributed by atoms with van der Waals surface area (Å²) in [6.45, 7) is 1.99. The van der Waals surface area contributed by atoms with Gasteiger partial charge in [0.15, 0.2) is 0 Å². The van der Waals surface area contributed by atoms with E-state index in [2.05, 4.69) is 43.7 Å². The van der Waals surface area contributed by atoms with Crippen LogP contribution in [0, 0.1) is 0 Å². The molecular weight excluding hydrogens is 302 g/mol. The quantitative estimate of drug-likeness (QED) is 0.781. The molecule has 1 atom stereocenters. The summed E-state index contributed by atoms with van der Waals surface area (Å²) in [6.07, 6.45) is 1.85. The summed E-state index contributed by atoms with van der Waals surface area (Å²) < 4.78 is 3.11. The Morgan fingerprint density at radius 3 is 2.79 bits per heavy atom. The molecule has 0 aliphatic rings. The number of hydrogen-bond acceptors (Lipinski definition) is 2. The molecule has 0 aliphatic heterocycles. The Morgan fingerprint density at radius 2 is 2.00 bits per heavy atom. The summed E-state index contributed by atoms with van der Waals surface area (Å²) in [5, 5.41) is 0. The normalized spacial score (nSPS) is 12.8. The van der Waals surface area contributed by atoms with Gasteiger partial charge in [0.2, 0.25) is 0 Å². The van der Waals surface area contributed by atoms with Crippen LogP contribution in [0.2, 0.25) is 0 Å². The molecule has 0 fully saturated rings. The third-order valence-corrected chi connectivity index (χ3v) is 3.69. The second kappa shape index (κ2) is 4.79. The standard InChI is InChI=1S/C15H14BrN3/c1-10(17)12-7-6-11(16)8-15(12)19-9-18-13-4-2-3-5-14(13)19/h2-10H,17H2,1H3. The minimum Gasteiger partial charge on any atom is -0.324 e. The Bertz CT molecular complexity index is 731. The number of para-hydroxylation sites is 2. The first-order valence-corrected chi connectivity index (χ1v) is 6.93. The molecule has 1 heterocycles. The predicted octanol–water partition coefficient (Wildman–Crippen LogP) is 3.81. The van der Waals surface area contributed by atoms with E-state index in [9.17, 15) is 0 Å². The van der Waals surface area contributed by atoms with Crippen LogP contribution in [0.15, 0.2) is 53.3 Å². The van der Waals surface area contributed by atoms with Crippen LogP contribution in [0.4, 0.5) is 0 Å². The number of aromatic nitrogens is 2. The van der Waals surface area contributed by atoms with Crippen molar-refractivity contribution in [3.05, 3.63) is 58.8 Å². The molecule has 19 heavy (non-hydrogen) atoms. The molecule has 0 saturated heterocycles. The molecule has 1 unspecified atom stereocenters. The molecule has 0 amide bonds. The lowest BCUT2D eigenvalue weighted by atomic mass is 10.1. The molecule has 0 saturated carbocycles. The van der Waals surface area contributed by atoms with Gasteiger partial charge in [-0.05, 0) is 36.8 Å². The predicted molar refractivity (Wildman–Crippen MR) is 81.4 cm³/mol. The lowest BCUT2D eigenvalue weighted by Gasteiger charge is -2.14. The zero-order valence-electron chi connectivity index (χ0n) is 10.5. The number of hydrogen-bond donors (Lipinski definition) is 1. The first-order chi connectivity index (χ1) is 9.16. The second-order valence-corrected chi connectivity index (χ2v) is 5.51. The summed E-state index contributed by atoms with van der Waals surface area (Å²) in [5.41, 5.74) is 10.3. The zero-order chi connectivity index (χ0) is 13.4. The van der Waals surface area contributed by atoms with E-state index >= 15 is 0 Å². The average molecular weight is 316 g/mol. The third kappa shape index (κ3) is 2.17. The SMILES string of the molecule is CC(N)c1ccc(Br)cc1-n1cnc2ccccc21. The molecule has 0 spiro atoms. The van der Waals surface area contributed by atoms with Crippen LogP contribution in [0.25, 0.3) is 16.7 Å². The molecule has 2 N–H and O–H groups in total. The molecule has 4 heteroatoms. The highest BCUT2D eigenvalue weighted by molar-refractivity contribution is 9.10. The van der Waals surface area contributed by atoms with E-state index in [1.54, 1.807) is 0 Å². The van der Waals surface area contributed by atoms with Crippen molar-refractivity contribution in [2.75, 3.05) is 0 Å². The molecule has 1 aromatic heterocycles. The van der Waals surface area contributed by atoms with Gasteiger partial charge in [-0.1, -0.05) is 34.1 Å². The van der Waals surface area contributed by atoms with Crippen molar-refractivity contribution in [2.24, 2.45) is 5.73 Å². The number of halogens is 1. The van der Waals surface area contributed by atoms with Crippen molar-refractivity contribution >= 4 is 27.0 Å². The maximum Gasteiger partial charge on any atom is 0.100 e. The maximum absolute atomic E-state index is 6.07. The van der Waals surface area contributed by atoms with Gasteiger partial charge < -0.3 is 5.73 Å². The van der Waals surface area contributed by atoms with Gasteiger partial charge >= 0.3 is 0 Å². The van der Waals surface area contributed by atoms with Gasteiger partial charge in [-0.3, -0.25) is 4.57 Å². The Morgan fingerprint density at radius 1 is 1.21 bits per heavy atom. The van der Waals surface area contributed by atoms with E-state index in [1.165, 1.54) is 0 Å². The van der Waals surface area contributed by atoms with Gasteiger partial charge in [-0.2, -0.15) is 0 Å². The van der Waals surface area contributed by atoms with E-state index in [0.29, 0.717) is 0 Å². The topological polar surface area (TPSA) is 43.8 Å². The molecule has 3 aromatic rings. The zero-order valence-corrected chi connectivity index (χ0v) is 12.1. The molecule has 0 radical (unpaired) electrons. The van der Waals surface area contributed by atoms with Crippen molar-refractivity contribution in [1.82, 2.24) is 9.55 Å². The number of rotatable bonds is 2. The fourth-order valence-electron chi connectivity index (χ4n) is 2.26. The first kappa shape index (κ1) is 12.4. The maximum atomic E-state index is 6.07. The molecule has 0 aliphatic carbocycles.